The van der Waals surface area contributed by atoms with Gasteiger partial charge in [0.15, 0.2) is 6.29 Å². The summed E-state index contributed by atoms with van der Waals surface area (Å²) in [6.45, 7) is 4.29. The molecular formula is C10H16N2O2. The number of nitrogens with zero attached hydrogens (tertiary/aromatic N) is 1. The molecule has 1 unspecified atom stereocenters. The van der Waals surface area contributed by atoms with Gasteiger partial charge in [-0.25, -0.2) is 0 Å². The lowest BCUT2D eigenvalue weighted by atomic mass is 9.86. The molecule has 0 aliphatic carbocycles. The van der Waals surface area contributed by atoms with Crippen LogP contribution in [0.25, 0.3) is 0 Å². The van der Waals surface area contributed by atoms with Crippen molar-refractivity contribution < 1.29 is 10.2 Å². The molecule has 0 bridgehead atoms. The number of aliphatic hydroxyl groups is 2. The zero-order chi connectivity index (χ0) is 10.8. The molecule has 0 aromatic carbocycles. The molecule has 1 heterocycles. The van der Waals surface area contributed by atoms with Crippen LogP contribution in [0.15, 0.2) is 11.8 Å². The third kappa shape index (κ3) is 2.25. The molecule has 0 aromatic heterocycles. The highest BCUT2D eigenvalue weighted by atomic mass is 16.5. The quantitative estimate of drug-likeness (QED) is 0.557. The van der Waals surface area contributed by atoms with Gasteiger partial charge in [0.25, 0.3) is 0 Å². The first-order chi connectivity index (χ1) is 6.47. The van der Waals surface area contributed by atoms with Crippen LogP contribution in [0.4, 0.5) is 0 Å². The molecule has 1 aliphatic rings. The minimum atomic E-state index is -1.33. The van der Waals surface area contributed by atoms with Gasteiger partial charge in [0.1, 0.15) is 0 Å². The van der Waals surface area contributed by atoms with E-state index in [-0.39, 0.29) is 5.92 Å². The predicted molar refractivity (Wildman–Crippen MR) is 51.8 cm³/mol. The Morgan fingerprint density at radius 3 is 2.79 bits per heavy atom. The number of nitriles is 1. The van der Waals surface area contributed by atoms with Gasteiger partial charge >= 0.3 is 0 Å². The molecule has 0 spiro atoms. The molecule has 14 heavy (non-hydrogen) atoms. The summed E-state index contributed by atoms with van der Waals surface area (Å²) in [6.07, 6.45) is 1.10. The lowest BCUT2D eigenvalue weighted by Gasteiger charge is -2.29. The number of hydrogen-bond donors (Lipinski definition) is 3. The second kappa shape index (κ2) is 3.99. The molecular weight excluding hydrogens is 180 g/mol. The van der Waals surface area contributed by atoms with E-state index in [9.17, 15) is 0 Å². The summed E-state index contributed by atoms with van der Waals surface area (Å²) in [5.41, 5.74) is 0.192. The maximum atomic E-state index is 9.03. The van der Waals surface area contributed by atoms with Crippen molar-refractivity contribution in [3.8, 4) is 6.07 Å². The van der Waals surface area contributed by atoms with Crippen molar-refractivity contribution >= 4 is 0 Å². The normalized spacial score (nSPS) is 22.6. The molecule has 0 saturated heterocycles. The van der Waals surface area contributed by atoms with Crippen LogP contribution in [0, 0.1) is 22.7 Å². The van der Waals surface area contributed by atoms with Gasteiger partial charge in [-0.3, -0.25) is 0 Å². The summed E-state index contributed by atoms with van der Waals surface area (Å²) in [5, 5.41) is 30.1. The van der Waals surface area contributed by atoms with Crippen LogP contribution >= 0.6 is 0 Å². The van der Waals surface area contributed by atoms with Crippen LogP contribution < -0.4 is 5.32 Å². The third-order valence-electron chi connectivity index (χ3n) is 2.51. The van der Waals surface area contributed by atoms with Crippen molar-refractivity contribution in [3.05, 3.63) is 11.8 Å². The monoisotopic (exact) mass is 196 g/mol. The number of allylic oxidation sites excluding steroid dienone is 1. The highest BCUT2D eigenvalue weighted by Gasteiger charge is 2.28. The summed E-state index contributed by atoms with van der Waals surface area (Å²) in [4.78, 5) is 0. The van der Waals surface area contributed by atoms with Crippen molar-refractivity contribution in [1.82, 2.24) is 5.32 Å². The number of rotatable bonds is 2. The first kappa shape index (κ1) is 11.0. The Hall–Kier alpha value is -1.05. The van der Waals surface area contributed by atoms with E-state index in [0.717, 1.165) is 5.70 Å². The topological polar surface area (TPSA) is 76.3 Å². The Kier molecular flexibility index (Phi) is 3.14. The van der Waals surface area contributed by atoms with Crippen LogP contribution in [0.5, 0.6) is 0 Å². The highest BCUT2D eigenvalue weighted by Crippen LogP contribution is 2.28. The molecule has 3 N–H and O–H groups in total. The first-order valence-electron chi connectivity index (χ1n) is 4.71. The van der Waals surface area contributed by atoms with Crippen molar-refractivity contribution in [1.29, 1.82) is 5.26 Å². The lowest BCUT2D eigenvalue weighted by Crippen LogP contribution is -2.35. The second-order valence-electron chi connectivity index (χ2n) is 4.11. The fourth-order valence-corrected chi connectivity index (χ4v) is 1.45. The van der Waals surface area contributed by atoms with Gasteiger partial charge in [-0.05, 0) is 20.3 Å². The molecule has 78 valence electrons. The molecule has 0 fully saturated rings. The average Bonchev–Trinajstić information content (AvgIpc) is 2.18. The average molecular weight is 196 g/mol. The van der Waals surface area contributed by atoms with E-state index in [1.54, 1.807) is 19.9 Å². The Morgan fingerprint density at radius 1 is 1.64 bits per heavy atom. The molecule has 0 saturated carbocycles. The fraction of sp³-hybridized carbons (Fsp3) is 0.700. The Balaban J connectivity index is 2.85. The number of nitrogens with one attached hydrogen (secondary N) is 1. The standard InChI is InChI=1S/C10H16N2O2/c1-10(2,6-11)8-5-7(9(13)14)3-4-12-8/h5,7,9,12-14H,3-4H2,1-2H3. The first-order valence-corrected chi connectivity index (χ1v) is 4.71. The van der Waals surface area contributed by atoms with E-state index in [1.807, 2.05) is 0 Å². The van der Waals surface area contributed by atoms with E-state index in [0.29, 0.717) is 13.0 Å². The Bertz CT molecular complexity index is 276. The van der Waals surface area contributed by atoms with Crippen molar-refractivity contribution in [3.63, 3.8) is 0 Å². The number of hydrogen-bond acceptors (Lipinski definition) is 4. The maximum absolute atomic E-state index is 9.03. The van der Waals surface area contributed by atoms with Gasteiger partial charge in [-0.15, -0.1) is 0 Å². The van der Waals surface area contributed by atoms with Gasteiger partial charge in [-0.1, -0.05) is 6.08 Å². The Labute approximate surface area is 83.9 Å². The smallest absolute Gasteiger partial charge is 0.157 e. The summed E-state index contributed by atoms with van der Waals surface area (Å²) in [5.74, 6) is -0.265. The predicted octanol–water partition coefficient (Wildman–Crippen LogP) is 0.340. The molecule has 0 radical (unpaired) electrons. The zero-order valence-electron chi connectivity index (χ0n) is 8.49. The van der Waals surface area contributed by atoms with Crippen molar-refractivity contribution in [2.24, 2.45) is 11.3 Å². The molecule has 1 atom stereocenters. The van der Waals surface area contributed by atoms with E-state index in [4.69, 9.17) is 15.5 Å². The van der Waals surface area contributed by atoms with Gasteiger partial charge in [0.05, 0.1) is 11.5 Å². The second-order valence-corrected chi connectivity index (χ2v) is 4.11. The van der Waals surface area contributed by atoms with E-state index in [2.05, 4.69) is 11.4 Å². The fourth-order valence-electron chi connectivity index (χ4n) is 1.45. The summed E-state index contributed by atoms with van der Waals surface area (Å²) in [6, 6.07) is 2.18. The minimum absolute atomic E-state index is 0.265. The van der Waals surface area contributed by atoms with Gasteiger partial charge in [-0.2, -0.15) is 5.26 Å². The molecule has 4 nitrogen and oxygen atoms in total. The van der Waals surface area contributed by atoms with E-state index >= 15 is 0 Å². The largest absolute Gasteiger partial charge is 0.387 e. The third-order valence-corrected chi connectivity index (χ3v) is 2.51. The molecule has 1 rings (SSSR count). The van der Waals surface area contributed by atoms with E-state index < -0.39 is 11.7 Å². The minimum Gasteiger partial charge on any atom is -0.387 e. The summed E-state index contributed by atoms with van der Waals surface area (Å²) in [7, 11) is 0. The maximum Gasteiger partial charge on any atom is 0.157 e. The van der Waals surface area contributed by atoms with Crippen molar-refractivity contribution in [2.75, 3.05) is 6.54 Å². The highest BCUT2D eigenvalue weighted by molar-refractivity contribution is 5.21. The Morgan fingerprint density at radius 2 is 2.29 bits per heavy atom. The van der Waals surface area contributed by atoms with E-state index in [1.165, 1.54) is 0 Å². The van der Waals surface area contributed by atoms with Crippen LogP contribution in [0.2, 0.25) is 0 Å². The van der Waals surface area contributed by atoms with Crippen LogP contribution in [0.1, 0.15) is 20.3 Å². The SMILES string of the molecule is CC(C)(C#N)C1=CC(C(O)O)CCN1. The molecule has 0 aromatic rings. The lowest BCUT2D eigenvalue weighted by molar-refractivity contribution is -0.0732. The molecule has 1 aliphatic heterocycles. The van der Waals surface area contributed by atoms with Crippen molar-refractivity contribution in [2.45, 2.75) is 26.6 Å². The van der Waals surface area contributed by atoms with Crippen LogP contribution in [0.3, 0.4) is 0 Å². The summed E-state index contributed by atoms with van der Waals surface area (Å²) < 4.78 is 0. The molecule has 4 heteroatoms. The molecule has 0 amide bonds. The van der Waals surface area contributed by atoms with Gasteiger partial charge in [0, 0.05) is 18.2 Å². The number of aliphatic hydroxyl groups excluding tert-OH is 1. The summed E-state index contributed by atoms with van der Waals surface area (Å²) >= 11 is 0. The van der Waals surface area contributed by atoms with Crippen LogP contribution in [-0.2, 0) is 0 Å². The van der Waals surface area contributed by atoms with Gasteiger partial charge in [0.2, 0.25) is 0 Å². The van der Waals surface area contributed by atoms with Crippen LogP contribution in [-0.4, -0.2) is 23.0 Å². The van der Waals surface area contributed by atoms with Gasteiger partial charge < -0.3 is 15.5 Å². The zero-order valence-corrected chi connectivity index (χ0v) is 8.49.